The van der Waals surface area contributed by atoms with Crippen LogP contribution in [0.1, 0.15) is 45.7 Å². The molecule has 0 unspecified atom stereocenters. The van der Waals surface area contributed by atoms with Gasteiger partial charge in [-0.2, -0.15) is 0 Å². The van der Waals surface area contributed by atoms with Gasteiger partial charge < -0.3 is 31.3 Å². The normalized spacial score (nSPS) is 9.52. The maximum atomic E-state index is 13.0. The summed E-state index contributed by atoms with van der Waals surface area (Å²) >= 11 is 0. The molecule has 0 aliphatic carbocycles. The van der Waals surface area contributed by atoms with Crippen LogP contribution in [0.2, 0.25) is 0 Å². The number of halogens is 1. The van der Waals surface area contributed by atoms with E-state index in [1.165, 1.54) is 18.3 Å². The molecule has 180 valence electrons. The predicted molar refractivity (Wildman–Crippen MR) is 121 cm³/mol. The molecule has 33 heavy (non-hydrogen) atoms. The summed E-state index contributed by atoms with van der Waals surface area (Å²) in [6.07, 6.45) is 1.87. The molecule has 2 aromatic carbocycles. The topological polar surface area (TPSA) is 172 Å². The van der Waals surface area contributed by atoms with E-state index in [0.29, 0.717) is 12.0 Å². The number of aliphatic hydroxyl groups excluding tert-OH is 2. The zero-order valence-corrected chi connectivity index (χ0v) is 18.7. The third kappa shape index (κ3) is 8.11. The number of ether oxygens (including phenoxy) is 1. The highest BCUT2D eigenvalue weighted by molar-refractivity contribution is 6.09. The summed E-state index contributed by atoms with van der Waals surface area (Å²) < 4.78 is 17.6. The van der Waals surface area contributed by atoms with Gasteiger partial charge in [-0.05, 0) is 55.7 Å². The molecular weight excluding hydrogens is 435 g/mol. The maximum absolute atomic E-state index is 13.0. The van der Waals surface area contributed by atoms with Gasteiger partial charge in [-0.25, -0.2) is 14.0 Å². The zero-order valence-electron chi connectivity index (χ0n) is 18.7. The van der Waals surface area contributed by atoms with Crippen LogP contribution >= 0.6 is 0 Å². The van der Waals surface area contributed by atoms with Crippen molar-refractivity contribution in [1.82, 2.24) is 11.1 Å². The van der Waals surface area contributed by atoms with Crippen molar-refractivity contribution in [2.45, 2.75) is 20.3 Å². The van der Waals surface area contributed by atoms with Crippen molar-refractivity contribution in [3.63, 3.8) is 0 Å². The van der Waals surface area contributed by atoms with E-state index in [0.717, 1.165) is 18.7 Å². The standard InChI is InChI=1S/C19H14FNO5.2C2H6O.H3N/c1-26-19(25)15-8-14(18(23)24)13-7-11(9-21-16(13)17(15)22)6-10-2-4-12(20)5-3-10;2*1-2-3;/h2-5,7-9,22H,6H2,1H3,(H,23,24);2*3H,2H2,1H3;1H3. The van der Waals surface area contributed by atoms with Crippen molar-refractivity contribution in [3.8, 4) is 5.75 Å². The molecule has 0 saturated heterocycles. The van der Waals surface area contributed by atoms with E-state index in [1.54, 1.807) is 32.0 Å². The fourth-order valence-electron chi connectivity index (χ4n) is 2.70. The lowest BCUT2D eigenvalue weighted by atomic mass is 9.99. The monoisotopic (exact) mass is 464 g/mol. The highest BCUT2D eigenvalue weighted by Gasteiger charge is 2.21. The van der Waals surface area contributed by atoms with Gasteiger partial charge in [0.25, 0.3) is 0 Å². The Morgan fingerprint density at radius 2 is 1.55 bits per heavy atom. The summed E-state index contributed by atoms with van der Waals surface area (Å²) in [5.41, 5.74) is 1.05. The number of hydrogen-bond acceptors (Lipinski definition) is 8. The van der Waals surface area contributed by atoms with Crippen LogP contribution in [-0.2, 0) is 11.2 Å². The fourth-order valence-corrected chi connectivity index (χ4v) is 2.70. The average Bonchev–Trinajstić information content (AvgIpc) is 2.76. The van der Waals surface area contributed by atoms with Crippen LogP contribution < -0.4 is 6.15 Å². The van der Waals surface area contributed by atoms with E-state index in [9.17, 15) is 24.2 Å². The summed E-state index contributed by atoms with van der Waals surface area (Å²) in [6, 6.07) is 8.55. The molecule has 0 spiro atoms. The Labute approximate surface area is 190 Å². The van der Waals surface area contributed by atoms with Crippen molar-refractivity contribution in [1.29, 1.82) is 0 Å². The number of carbonyl (C=O) groups is 2. The number of pyridine rings is 1. The number of methoxy groups -OCH3 is 1. The number of carboxylic acid groups (broad SMARTS) is 1. The molecule has 1 heterocycles. The lowest BCUT2D eigenvalue weighted by Gasteiger charge is -2.10. The molecule has 3 rings (SSSR count). The summed E-state index contributed by atoms with van der Waals surface area (Å²) in [5.74, 6) is -2.91. The van der Waals surface area contributed by atoms with Crippen LogP contribution in [0.15, 0.2) is 42.6 Å². The van der Waals surface area contributed by atoms with Gasteiger partial charge in [-0.15, -0.1) is 0 Å². The molecular formula is C23H29FN2O7. The molecule has 1 aromatic heterocycles. The molecule has 0 atom stereocenters. The highest BCUT2D eigenvalue weighted by Crippen LogP contribution is 2.32. The Hall–Kier alpha value is -3.60. The minimum Gasteiger partial charge on any atom is -0.505 e. The summed E-state index contributed by atoms with van der Waals surface area (Å²) in [4.78, 5) is 27.5. The SMILES string of the molecule is CCO.CCO.COC(=O)c1cc(C(=O)O)c2cc(Cc3ccc(F)cc3)cnc2c1O.N. The van der Waals surface area contributed by atoms with E-state index < -0.39 is 17.7 Å². The fraction of sp³-hybridized carbons (Fsp3) is 0.261. The van der Waals surface area contributed by atoms with Crippen molar-refractivity contribution in [2.24, 2.45) is 0 Å². The molecule has 0 fully saturated rings. The Morgan fingerprint density at radius 3 is 2.03 bits per heavy atom. The number of aromatic hydroxyl groups is 1. The molecule has 0 amide bonds. The van der Waals surface area contributed by atoms with E-state index in [-0.39, 0.29) is 47.2 Å². The molecule has 7 N–H and O–H groups in total. The number of esters is 1. The first-order chi connectivity index (χ1) is 15.2. The van der Waals surface area contributed by atoms with Crippen molar-refractivity contribution in [3.05, 3.63) is 70.7 Å². The van der Waals surface area contributed by atoms with Gasteiger partial charge in [0, 0.05) is 24.8 Å². The largest absolute Gasteiger partial charge is 0.505 e. The lowest BCUT2D eigenvalue weighted by molar-refractivity contribution is 0.0597. The van der Waals surface area contributed by atoms with Crippen molar-refractivity contribution in [2.75, 3.05) is 20.3 Å². The molecule has 0 bridgehead atoms. The van der Waals surface area contributed by atoms with E-state index in [4.69, 9.17) is 10.2 Å². The number of benzene rings is 2. The molecule has 10 heteroatoms. The zero-order chi connectivity index (χ0) is 24.3. The molecule has 0 aliphatic heterocycles. The molecule has 3 aromatic rings. The third-order valence-corrected chi connectivity index (χ3v) is 3.96. The third-order valence-electron chi connectivity index (χ3n) is 3.96. The Bertz CT molecular complexity index is 1050. The number of nitrogens with zero attached hydrogens (tertiary/aromatic N) is 1. The Kier molecular flexibility index (Phi) is 12.9. The quantitative estimate of drug-likeness (QED) is 0.363. The van der Waals surface area contributed by atoms with Gasteiger partial charge >= 0.3 is 11.9 Å². The van der Waals surface area contributed by atoms with E-state index in [1.807, 2.05) is 0 Å². The first-order valence-corrected chi connectivity index (χ1v) is 9.66. The number of aliphatic hydroxyl groups is 2. The number of phenols is 1. The van der Waals surface area contributed by atoms with Crippen molar-refractivity contribution < 1.29 is 39.1 Å². The van der Waals surface area contributed by atoms with E-state index in [2.05, 4.69) is 9.72 Å². The average molecular weight is 464 g/mol. The molecule has 0 aliphatic rings. The minimum atomic E-state index is -1.26. The molecule has 0 radical (unpaired) electrons. The number of phenolic OH excluding ortho intramolecular Hbond substituents is 1. The second-order valence-corrected chi connectivity index (χ2v) is 6.29. The first kappa shape index (κ1) is 29.4. The number of carboxylic acids is 1. The van der Waals surface area contributed by atoms with Crippen LogP contribution in [0.3, 0.4) is 0 Å². The first-order valence-electron chi connectivity index (χ1n) is 9.66. The van der Waals surface area contributed by atoms with Crippen LogP contribution in [-0.4, -0.2) is 57.7 Å². The van der Waals surface area contributed by atoms with Gasteiger partial charge in [0.2, 0.25) is 0 Å². The highest BCUT2D eigenvalue weighted by atomic mass is 19.1. The second kappa shape index (κ2) is 14.5. The van der Waals surface area contributed by atoms with Crippen LogP contribution in [0.25, 0.3) is 10.9 Å². The van der Waals surface area contributed by atoms with Gasteiger partial charge in [0.1, 0.15) is 16.9 Å². The maximum Gasteiger partial charge on any atom is 0.341 e. The number of rotatable bonds is 4. The molecule has 9 nitrogen and oxygen atoms in total. The van der Waals surface area contributed by atoms with Gasteiger partial charge in [-0.3, -0.25) is 4.98 Å². The van der Waals surface area contributed by atoms with Gasteiger partial charge in [0.05, 0.1) is 12.7 Å². The smallest absolute Gasteiger partial charge is 0.341 e. The van der Waals surface area contributed by atoms with Gasteiger partial charge in [-0.1, -0.05) is 12.1 Å². The Balaban J connectivity index is 0.00000132. The minimum absolute atomic E-state index is 0. The Morgan fingerprint density at radius 1 is 1.00 bits per heavy atom. The summed E-state index contributed by atoms with van der Waals surface area (Å²) in [7, 11) is 1.13. The predicted octanol–water partition coefficient (Wildman–Crippen LogP) is 3.31. The number of carbonyl (C=O) groups excluding carboxylic acids is 1. The van der Waals surface area contributed by atoms with Crippen LogP contribution in [0.5, 0.6) is 5.75 Å². The summed E-state index contributed by atoms with van der Waals surface area (Å²) in [5, 5.41) is 35.1. The van der Waals surface area contributed by atoms with Crippen LogP contribution in [0.4, 0.5) is 4.39 Å². The number of aromatic carboxylic acids is 1. The number of aromatic nitrogens is 1. The lowest BCUT2D eigenvalue weighted by Crippen LogP contribution is -2.07. The number of hydrogen-bond donors (Lipinski definition) is 5. The second-order valence-electron chi connectivity index (χ2n) is 6.29. The number of fused-ring (bicyclic) bond motifs is 1. The van der Waals surface area contributed by atoms with Crippen molar-refractivity contribution >= 4 is 22.8 Å². The van der Waals surface area contributed by atoms with Gasteiger partial charge in [0.15, 0.2) is 5.75 Å². The molecule has 0 saturated carbocycles. The summed E-state index contributed by atoms with van der Waals surface area (Å²) in [6.45, 7) is 3.86. The van der Waals surface area contributed by atoms with E-state index >= 15 is 0 Å². The van der Waals surface area contributed by atoms with Crippen LogP contribution in [0, 0.1) is 5.82 Å².